The van der Waals surface area contributed by atoms with Gasteiger partial charge in [-0.05, 0) is 26.2 Å². The molecule has 22 heavy (non-hydrogen) atoms. The molecule has 0 aliphatic heterocycles. The first kappa shape index (κ1) is 21.8. The predicted molar refractivity (Wildman–Crippen MR) is 84.6 cm³/mol. The Balaban J connectivity index is 0.00000441. The zero-order valence-corrected chi connectivity index (χ0v) is 16.1. The molecule has 0 atom stereocenters. The maximum absolute atomic E-state index is 11.2. The molecular formula is C14H22Cl4N2O2. The number of hydrogen-bond donors (Lipinski definition) is 0. The van der Waals surface area contributed by atoms with Crippen LogP contribution in [0.1, 0.15) is 44.0 Å². The van der Waals surface area contributed by atoms with Crippen molar-refractivity contribution in [2.45, 2.75) is 42.8 Å². The van der Waals surface area contributed by atoms with Gasteiger partial charge in [-0.2, -0.15) is 4.68 Å². The minimum absolute atomic E-state index is 0. The fourth-order valence-corrected chi connectivity index (χ4v) is 2.71. The van der Waals surface area contributed by atoms with Crippen LogP contribution in [0.4, 0.5) is 0 Å². The van der Waals surface area contributed by atoms with E-state index in [2.05, 4.69) is 0 Å². The molecule has 128 valence electrons. The number of aryl methyl sites for hydroxylation is 1. The van der Waals surface area contributed by atoms with Crippen LogP contribution >= 0.6 is 34.8 Å². The SMILES string of the molecule is CCOC(=O)CCCCCc1cc(C(Cl)(Cl)Cl)[n+](C)n1C.[Cl-]. The van der Waals surface area contributed by atoms with Crippen LogP contribution < -0.4 is 17.1 Å². The maximum Gasteiger partial charge on any atom is 0.305 e. The Labute approximate surface area is 153 Å². The third kappa shape index (κ3) is 6.53. The van der Waals surface area contributed by atoms with Crippen molar-refractivity contribution in [2.75, 3.05) is 6.61 Å². The Kier molecular flexibility index (Phi) is 9.79. The second-order valence-electron chi connectivity index (χ2n) is 4.93. The van der Waals surface area contributed by atoms with Gasteiger partial charge in [0.25, 0.3) is 9.49 Å². The molecule has 0 fully saturated rings. The van der Waals surface area contributed by atoms with Crippen LogP contribution in [-0.2, 0) is 33.8 Å². The monoisotopic (exact) mass is 390 g/mol. The zero-order valence-electron chi connectivity index (χ0n) is 13.0. The van der Waals surface area contributed by atoms with E-state index in [0.717, 1.165) is 31.4 Å². The van der Waals surface area contributed by atoms with Crippen molar-refractivity contribution in [2.24, 2.45) is 14.1 Å². The van der Waals surface area contributed by atoms with Gasteiger partial charge >= 0.3 is 5.97 Å². The van der Waals surface area contributed by atoms with Gasteiger partial charge in [0.2, 0.25) is 0 Å². The van der Waals surface area contributed by atoms with Crippen LogP contribution in [0.5, 0.6) is 0 Å². The minimum Gasteiger partial charge on any atom is -1.00 e. The van der Waals surface area contributed by atoms with Gasteiger partial charge in [0.1, 0.15) is 0 Å². The van der Waals surface area contributed by atoms with Gasteiger partial charge in [0.15, 0.2) is 7.05 Å². The van der Waals surface area contributed by atoms with Crippen molar-refractivity contribution < 1.29 is 26.6 Å². The largest absolute Gasteiger partial charge is 1.00 e. The number of aromatic nitrogens is 2. The number of nitrogens with zero attached hydrogens (tertiary/aromatic N) is 2. The van der Waals surface area contributed by atoms with Crippen LogP contribution in [0.2, 0.25) is 0 Å². The lowest BCUT2D eigenvalue weighted by atomic mass is 10.1. The summed E-state index contributed by atoms with van der Waals surface area (Å²) in [5, 5.41) is 0. The lowest BCUT2D eigenvalue weighted by Gasteiger charge is -2.03. The first-order valence-electron chi connectivity index (χ1n) is 7.05. The van der Waals surface area contributed by atoms with Crippen LogP contribution in [0, 0.1) is 0 Å². The Morgan fingerprint density at radius 3 is 2.45 bits per heavy atom. The van der Waals surface area contributed by atoms with Crippen molar-refractivity contribution >= 4 is 40.8 Å². The van der Waals surface area contributed by atoms with E-state index in [4.69, 9.17) is 39.5 Å². The van der Waals surface area contributed by atoms with Crippen LogP contribution in [0.3, 0.4) is 0 Å². The standard InChI is InChI=1S/C14H22Cl3N2O2.ClH/c1-4-21-13(20)9-7-5-6-8-11-10-12(14(15,16)17)19(3)18(11)2;/h10H,4-9H2,1-3H3;1H/q+1;/p-1. The molecule has 0 amide bonds. The molecule has 0 aliphatic carbocycles. The average molecular weight is 392 g/mol. The van der Waals surface area contributed by atoms with Crippen molar-refractivity contribution in [1.82, 2.24) is 4.68 Å². The molecule has 0 spiro atoms. The Bertz CT molecular complexity index is 484. The molecule has 0 aromatic carbocycles. The van der Waals surface area contributed by atoms with Gasteiger partial charge in [-0.3, -0.25) is 4.79 Å². The molecule has 1 aromatic heterocycles. The quantitative estimate of drug-likeness (QED) is 0.291. The van der Waals surface area contributed by atoms with E-state index >= 15 is 0 Å². The van der Waals surface area contributed by atoms with Gasteiger partial charge in [0.05, 0.1) is 19.3 Å². The predicted octanol–water partition coefficient (Wildman–Crippen LogP) is 0.346. The Hall–Kier alpha value is -0.160. The molecule has 8 heteroatoms. The first-order chi connectivity index (χ1) is 9.77. The van der Waals surface area contributed by atoms with Crippen molar-refractivity contribution in [3.63, 3.8) is 0 Å². The lowest BCUT2D eigenvalue weighted by Crippen LogP contribution is -3.00. The Morgan fingerprint density at radius 2 is 1.95 bits per heavy atom. The van der Waals surface area contributed by atoms with Gasteiger partial charge < -0.3 is 17.1 Å². The Morgan fingerprint density at radius 1 is 1.32 bits per heavy atom. The summed E-state index contributed by atoms with van der Waals surface area (Å²) in [4.78, 5) is 11.2. The maximum atomic E-state index is 11.2. The highest BCUT2D eigenvalue weighted by Gasteiger charge is 2.35. The number of alkyl halides is 3. The van der Waals surface area contributed by atoms with Crippen LogP contribution in [0.15, 0.2) is 6.07 Å². The molecule has 0 radical (unpaired) electrons. The van der Waals surface area contributed by atoms with E-state index < -0.39 is 3.79 Å². The number of ether oxygens (including phenoxy) is 1. The molecule has 1 heterocycles. The highest BCUT2D eigenvalue weighted by atomic mass is 35.6. The second-order valence-corrected chi connectivity index (χ2v) is 7.21. The molecule has 0 saturated heterocycles. The molecule has 1 aromatic rings. The third-order valence-corrected chi connectivity index (χ3v) is 4.01. The van der Waals surface area contributed by atoms with E-state index in [1.54, 1.807) is 0 Å². The highest BCUT2D eigenvalue weighted by molar-refractivity contribution is 6.66. The fourth-order valence-electron chi connectivity index (χ4n) is 2.18. The first-order valence-corrected chi connectivity index (χ1v) is 8.18. The van der Waals surface area contributed by atoms with E-state index in [1.165, 1.54) is 0 Å². The number of halogens is 4. The van der Waals surface area contributed by atoms with Gasteiger partial charge in [-0.25, -0.2) is 0 Å². The summed E-state index contributed by atoms with van der Waals surface area (Å²) in [6.45, 7) is 2.26. The van der Waals surface area contributed by atoms with E-state index in [-0.39, 0.29) is 18.4 Å². The van der Waals surface area contributed by atoms with Gasteiger partial charge in [-0.15, -0.1) is 4.68 Å². The number of carbonyl (C=O) groups excluding carboxylic acids is 1. The van der Waals surface area contributed by atoms with Crippen molar-refractivity contribution in [1.29, 1.82) is 0 Å². The van der Waals surface area contributed by atoms with Gasteiger partial charge in [0, 0.05) is 12.5 Å². The van der Waals surface area contributed by atoms with Crippen LogP contribution in [0.25, 0.3) is 0 Å². The molecule has 0 bridgehead atoms. The third-order valence-electron chi connectivity index (χ3n) is 3.43. The van der Waals surface area contributed by atoms with Gasteiger partial charge in [-0.1, -0.05) is 41.2 Å². The molecule has 1 rings (SSSR count). The molecule has 0 unspecified atom stereocenters. The number of unbranched alkanes of at least 4 members (excludes halogenated alkanes) is 2. The lowest BCUT2D eigenvalue weighted by molar-refractivity contribution is -0.758. The summed E-state index contributed by atoms with van der Waals surface area (Å²) in [7, 11) is 3.80. The summed E-state index contributed by atoms with van der Waals surface area (Å²) in [6.07, 6.45) is 4.15. The number of esters is 1. The second kappa shape index (κ2) is 9.86. The zero-order chi connectivity index (χ0) is 16.0. The van der Waals surface area contributed by atoms with Crippen molar-refractivity contribution in [3.05, 3.63) is 17.5 Å². The number of hydrogen-bond acceptors (Lipinski definition) is 2. The smallest absolute Gasteiger partial charge is 0.305 e. The number of carbonyl (C=O) groups is 1. The minimum atomic E-state index is -1.42. The van der Waals surface area contributed by atoms with E-state index in [1.807, 2.05) is 36.4 Å². The molecule has 0 aliphatic rings. The molecule has 0 saturated carbocycles. The molecule has 4 nitrogen and oxygen atoms in total. The van der Waals surface area contributed by atoms with Crippen LogP contribution in [-0.4, -0.2) is 17.3 Å². The summed E-state index contributed by atoms with van der Waals surface area (Å²) in [5.41, 5.74) is 1.76. The molecule has 0 N–H and O–H groups in total. The highest BCUT2D eigenvalue weighted by Crippen LogP contribution is 2.36. The number of rotatable bonds is 7. The normalized spacial score (nSPS) is 11.2. The summed E-state index contributed by atoms with van der Waals surface area (Å²) in [5.74, 6) is -0.124. The average Bonchev–Trinajstić information content (AvgIpc) is 2.66. The summed E-state index contributed by atoms with van der Waals surface area (Å²) in [6, 6.07) is 1.92. The van der Waals surface area contributed by atoms with E-state index in [9.17, 15) is 4.79 Å². The summed E-state index contributed by atoms with van der Waals surface area (Å²) < 4.78 is 7.28. The topological polar surface area (TPSA) is 35.1 Å². The molecular weight excluding hydrogens is 370 g/mol. The fraction of sp³-hybridized carbons (Fsp3) is 0.714. The summed E-state index contributed by atoms with van der Waals surface area (Å²) >= 11 is 17.8. The van der Waals surface area contributed by atoms with E-state index in [0.29, 0.717) is 18.7 Å². The van der Waals surface area contributed by atoms with Crippen molar-refractivity contribution in [3.8, 4) is 0 Å².